The molecule has 1 aliphatic rings. The predicted octanol–water partition coefficient (Wildman–Crippen LogP) is 3.67. The van der Waals surface area contributed by atoms with Gasteiger partial charge in [0.05, 0.1) is 11.9 Å². The van der Waals surface area contributed by atoms with Crippen LogP contribution in [-0.4, -0.2) is 58.9 Å². The SMILES string of the molecule is CN1CCN(C(=O)c2ccc(-c3cnc(N)c(-c4cc5ccccc5o4)n3)c(F)c2)CC1. The van der Waals surface area contributed by atoms with E-state index < -0.39 is 5.82 Å². The summed E-state index contributed by atoms with van der Waals surface area (Å²) in [7, 11) is 2.02. The van der Waals surface area contributed by atoms with E-state index in [1.54, 1.807) is 17.0 Å². The lowest BCUT2D eigenvalue weighted by molar-refractivity contribution is 0.0663. The summed E-state index contributed by atoms with van der Waals surface area (Å²) in [5.41, 5.74) is 7.95. The number of benzene rings is 2. The lowest BCUT2D eigenvalue weighted by Crippen LogP contribution is -2.47. The van der Waals surface area contributed by atoms with Crippen molar-refractivity contribution in [3.63, 3.8) is 0 Å². The van der Waals surface area contributed by atoms with Crippen molar-refractivity contribution in [2.24, 2.45) is 0 Å². The minimum absolute atomic E-state index is 0.171. The summed E-state index contributed by atoms with van der Waals surface area (Å²) in [5, 5.41) is 0.909. The van der Waals surface area contributed by atoms with E-state index in [9.17, 15) is 4.79 Å². The number of nitrogens with zero attached hydrogens (tertiary/aromatic N) is 4. The van der Waals surface area contributed by atoms with Gasteiger partial charge >= 0.3 is 0 Å². The summed E-state index contributed by atoms with van der Waals surface area (Å²) in [4.78, 5) is 25.4. The van der Waals surface area contributed by atoms with Gasteiger partial charge in [0, 0.05) is 42.7 Å². The molecule has 1 aliphatic heterocycles. The van der Waals surface area contributed by atoms with Crippen LogP contribution in [0.25, 0.3) is 33.7 Å². The molecule has 0 aliphatic carbocycles. The molecule has 1 saturated heterocycles. The number of carbonyl (C=O) groups excluding carboxylic acids is 1. The molecule has 7 nitrogen and oxygen atoms in total. The average molecular weight is 431 g/mol. The number of piperazine rings is 1. The van der Waals surface area contributed by atoms with Crippen LogP contribution >= 0.6 is 0 Å². The second-order valence-corrected chi connectivity index (χ2v) is 7.93. The molecular formula is C24H22FN5O2. The molecule has 3 heterocycles. The van der Waals surface area contributed by atoms with Gasteiger partial charge in [-0.1, -0.05) is 18.2 Å². The number of nitrogen functional groups attached to an aromatic ring is 1. The van der Waals surface area contributed by atoms with Gasteiger partial charge in [0.15, 0.2) is 11.6 Å². The van der Waals surface area contributed by atoms with Crippen molar-refractivity contribution < 1.29 is 13.6 Å². The molecule has 5 rings (SSSR count). The van der Waals surface area contributed by atoms with Crippen LogP contribution in [0.1, 0.15) is 10.4 Å². The van der Waals surface area contributed by atoms with Gasteiger partial charge in [-0.2, -0.15) is 0 Å². The van der Waals surface area contributed by atoms with E-state index in [1.165, 1.54) is 12.3 Å². The third kappa shape index (κ3) is 3.69. The molecule has 1 fully saturated rings. The van der Waals surface area contributed by atoms with Crippen LogP contribution in [0.15, 0.2) is 59.1 Å². The molecule has 1 amide bonds. The second kappa shape index (κ2) is 8.05. The summed E-state index contributed by atoms with van der Waals surface area (Å²) >= 11 is 0. The van der Waals surface area contributed by atoms with Crippen LogP contribution in [0, 0.1) is 5.82 Å². The van der Waals surface area contributed by atoms with Crippen LogP contribution in [-0.2, 0) is 0 Å². The highest BCUT2D eigenvalue weighted by molar-refractivity contribution is 5.95. The van der Waals surface area contributed by atoms with E-state index in [2.05, 4.69) is 14.9 Å². The Bertz CT molecular complexity index is 1280. The molecule has 0 atom stereocenters. The Morgan fingerprint density at radius 1 is 1.09 bits per heavy atom. The fourth-order valence-electron chi connectivity index (χ4n) is 3.86. The Morgan fingerprint density at radius 2 is 1.88 bits per heavy atom. The van der Waals surface area contributed by atoms with E-state index in [0.717, 1.165) is 18.5 Å². The van der Waals surface area contributed by atoms with Gasteiger partial charge in [-0.3, -0.25) is 4.79 Å². The molecule has 4 aromatic rings. The van der Waals surface area contributed by atoms with Gasteiger partial charge < -0.3 is 20.0 Å². The first-order chi connectivity index (χ1) is 15.5. The number of amides is 1. The van der Waals surface area contributed by atoms with Gasteiger partial charge in [-0.25, -0.2) is 14.4 Å². The maximum absolute atomic E-state index is 15.0. The number of para-hydroxylation sites is 1. The van der Waals surface area contributed by atoms with E-state index in [1.807, 2.05) is 37.4 Å². The summed E-state index contributed by atoms with van der Waals surface area (Å²) in [6.07, 6.45) is 1.42. The molecular weight excluding hydrogens is 409 g/mol. The number of hydrogen-bond donors (Lipinski definition) is 1. The Morgan fingerprint density at radius 3 is 2.62 bits per heavy atom. The first-order valence-corrected chi connectivity index (χ1v) is 10.4. The third-order valence-corrected chi connectivity index (χ3v) is 5.74. The summed E-state index contributed by atoms with van der Waals surface area (Å²) in [6, 6.07) is 13.8. The van der Waals surface area contributed by atoms with Crippen LogP contribution in [0.3, 0.4) is 0 Å². The van der Waals surface area contributed by atoms with Crippen molar-refractivity contribution in [1.29, 1.82) is 0 Å². The van der Waals surface area contributed by atoms with E-state index in [4.69, 9.17) is 10.2 Å². The Kier molecular flexibility index (Phi) is 5.07. The molecule has 2 aromatic carbocycles. The third-order valence-electron chi connectivity index (χ3n) is 5.74. The standard InChI is InChI=1S/C24H22FN5O2/c1-29-8-10-30(11-9-29)24(31)16-6-7-17(18(25)12-16)19-14-27-23(26)22(28-19)21-13-15-4-2-3-5-20(15)32-21/h2-7,12-14H,8-11H2,1H3,(H2,26,27). The van der Waals surface area contributed by atoms with E-state index in [0.29, 0.717) is 41.4 Å². The van der Waals surface area contributed by atoms with Crippen molar-refractivity contribution in [2.45, 2.75) is 0 Å². The number of halogens is 1. The minimum atomic E-state index is -0.542. The molecule has 0 unspecified atom stereocenters. The zero-order chi connectivity index (χ0) is 22.2. The number of fused-ring (bicyclic) bond motifs is 1. The summed E-state index contributed by atoms with van der Waals surface area (Å²) in [6.45, 7) is 2.86. The normalized spacial score (nSPS) is 14.8. The second-order valence-electron chi connectivity index (χ2n) is 7.93. The monoisotopic (exact) mass is 431 g/mol. The topological polar surface area (TPSA) is 88.5 Å². The largest absolute Gasteiger partial charge is 0.454 e. The van der Waals surface area contributed by atoms with Crippen LogP contribution in [0.4, 0.5) is 10.2 Å². The maximum atomic E-state index is 15.0. The number of hydrogen-bond acceptors (Lipinski definition) is 6. The molecule has 8 heteroatoms. The lowest BCUT2D eigenvalue weighted by Gasteiger charge is -2.32. The highest BCUT2D eigenvalue weighted by Crippen LogP contribution is 2.31. The van der Waals surface area contributed by atoms with Crippen LogP contribution in [0.5, 0.6) is 0 Å². The molecule has 0 spiro atoms. The maximum Gasteiger partial charge on any atom is 0.254 e. The van der Waals surface area contributed by atoms with Crippen LogP contribution < -0.4 is 5.73 Å². The fraction of sp³-hybridized carbons (Fsp3) is 0.208. The molecule has 0 bridgehead atoms. The van der Waals surface area contributed by atoms with Crippen molar-refractivity contribution in [1.82, 2.24) is 19.8 Å². The quantitative estimate of drug-likeness (QED) is 0.533. The minimum Gasteiger partial charge on any atom is -0.454 e. The number of furan rings is 1. The Labute approximate surface area is 184 Å². The first-order valence-electron chi connectivity index (χ1n) is 10.4. The highest BCUT2D eigenvalue weighted by atomic mass is 19.1. The number of nitrogens with two attached hydrogens (primary N) is 1. The van der Waals surface area contributed by atoms with Crippen molar-refractivity contribution in [3.05, 3.63) is 66.1 Å². The van der Waals surface area contributed by atoms with Gasteiger partial charge in [-0.05, 0) is 37.4 Å². The zero-order valence-electron chi connectivity index (χ0n) is 17.6. The zero-order valence-corrected chi connectivity index (χ0v) is 17.6. The Hall–Kier alpha value is -3.78. The number of likely N-dealkylation sites (N-methyl/N-ethyl adjacent to an activating group) is 1. The van der Waals surface area contributed by atoms with Gasteiger partial charge in [-0.15, -0.1) is 0 Å². The van der Waals surface area contributed by atoms with E-state index >= 15 is 4.39 Å². The number of aromatic nitrogens is 2. The summed E-state index contributed by atoms with van der Waals surface area (Å²) in [5.74, 6) is -0.0649. The molecule has 0 saturated carbocycles. The Balaban J connectivity index is 1.46. The fourth-order valence-corrected chi connectivity index (χ4v) is 3.86. The lowest BCUT2D eigenvalue weighted by atomic mass is 10.1. The van der Waals surface area contributed by atoms with Crippen LogP contribution in [0.2, 0.25) is 0 Å². The summed E-state index contributed by atoms with van der Waals surface area (Å²) < 4.78 is 20.9. The van der Waals surface area contributed by atoms with E-state index in [-0.39, 0.29) is 17.3 Å². The average Bonchev–Trinajstić information content (AvgIpc) is 3.23. The number of anilines is 1. The molecule has 2 N–H and O–H groups in total. The molecule has 32 heavy (non-hydrogen) atoms. The number of rotatable bonds is 3. The molecule has 2 aromatic heterocycles. The number of carbonyl (C=O) groups is 1. The van der Waals surface area contributed by atoms with Gasteiger partial charge in [0.2, 0.25) is 0 Å². The molecule has 162 valence electrons. The van der Waals surface area contributed by atoms with Crippen molar-refractivity contribution >= 4 is 22.7 Å². The predicted molar refractivity (Wildman–Crippen MR) is 120 cm³/mol. The van der Waals surface area contributed by atoms with Crippen molar-refractivity contribution in [2.75, 3.05) is 39.0 Å². The van der Waals surface area contributed by atoms with Gasteiger partial charge in [0.1, 0.15) is 17.1 Å². The highest BCUT2D eigenvalue weighted by Gasteiger charge is 2.22. The smallest absolute Gasteiger partial charge is 0.254 e. The first kappa shape index (κ1) is 20.1. The van der Waals surface area contributed by atoms with Gasteiger partial charge in [0.25, 0.3) is 5.91 Å². The van der Waals surface area contributed by atoms with Crippen molar-refractivity contribution in [3.8, 4) is 22.7 Å². The molecule has 0 radical (unpaired) electrons.